The van der Waals surface area contributed by atoms with Gasteiger partial charge in [-0.1, -0.05) is 12.1 Å². The summed E-state index contributed by atoms with van der Waals surface area (Å²) in [5.41, 5.74) is 3.18. The van der Waals surface area contributed by atoms with Crippen LogP contribution >= 0.6 is 0 Å². The Labute approximate surface area is 108 Å². The van der Waals surface area contributed by atoms with E-state index in [-0.39, 0.29) is 0 Å². The zero-order valence-corrected chi connectivity index (χ0v) is 10.8. The summed E-state index contributed by atoms with van der Waals surface area (Å²) in [7, 11) is 2.00. The van der Waals surface area contributed by atoms with Crippen LogP contribution in [-0.2, 0) is 0 Å². The van der Waals surface area contributed by atoms with E-state index in [4.69, 9.17) is 0 Å². The molecule has 2 aromatic rings. The Kier molecular flexibility index (Phi) is 4.42. The predicted octanol–water partition coefficient (Wildman–Crippen LogP) is 3.25. The van der Waals surface area contributed by atoms with Crippen molar-refractivity contribution in [3.8, 4) is 0 Å². The van der Waals surface area contributed by atoms with Gasteiger partial charge in [0.25, 0.3) is 0 Å². The first-order valence-electron chi connectivity index (χ1n) is 6.34. The fourth-order valence-electron chi connectivity index (χ4n) is 2.14. The van der Waals surface area contributed by atoms with E-state index in [9.17, 15) is 0 Å². The molecular formula is C15H19N3. The maximum atomic E-state index is 4.35. The van der Waals surface area contributed by atoms with Gasteiger partial charge in [0, 0.05) is 18.4 Å². The van der Waals surface area contributed by atoms with Crippen molar-refractivity contribution in [2.24, 2.45) is 0 Å². The van der Waals surface area contributed by atoms with Gasteiger partial charge in [-0.25, -0.2) is 0 Å². The standard InChI is InChI=1S/C15H19N3/c1-3-4-5-6-13(16-2)12-7-8-14-15(11-12)18-10-9-17-14/h3,7-11,13,16H,1,4-6H2,2H3. The molecule has 18 heavy (non-hydrogen) atoms. The SMILES string of the molecule is C=CCCCC(NC)c1ccc2nccnc2c1. The molecule has 2 rings (SSSR count). The Morgan fingerprint density at radius 1 is 1.28 bits per heavy atom. The molecular weight excluding hydrogens is 222 g/mol. The molecule has 0 spiro atoms. The van der Waals surface area contributed by atoms with Crippen molar-refractivity contribution in [3.05, 3.63) is 48.8 Å². The van der Waals surface area contributed by atoms with E-state index in [1.165, 1.54) is 5.56 Å². The fourth-order valence-corrected chi connectivity index (χ4v) is 2.14. The summed E-state index contributed by atoms with van der Waals surface area (Å²) < 4.78 is 0. The lowest BCUT2D eigenvalue weighted by Gasteiger charge is -2.16. The summed E-state index contributed by atoms with van der Waals surface area (Å²) in [5, 5.41) is 3.36. The zero-order valence-electron chi connectivity index (χ0n) is 10.8. The Morgan fingerprint density at radius 2 is 2.06 bits per heavy atom. The van der Waals surface area contributed by atoms with Crippen molar-refractivity contribution in [1.29, 1.82) is 0 Å². The second-order valence-electron chi connectivity index (χ2n) is 4.37. The summed E-state index contributed by atoms with van der Waals surface area (Å²) in [6, 6.07) is 6.66. The van der Waals surface area contributed by atoms with Crippen molar-refractivity contribution in [1.82, 2.24) is 15.3 Å². The quantitative estimate of drug-likeness (QED) is 0.623. The van der Waals surface area contributed by atoms with Gasteiger partial charge in [-0.3, -0.25) is 9.97 Å². The van der Waals surface area contributed by atoms with Crippen LogP contribution in [0.15, 0.2) is 43.2 Å². The molecule has 0 radical (unpaired) electrons. The van der Waals surface area contributed by atoms with E-state index in [0.29, 0.717) is 6.04 Å². The summed E-state index contributed by atoms with van der Waals surface area (Å²) in [4.78, 5) is 8.64. The van der Waals surface area contributed by atoms with Gasteiger partial charge in [0.15, 0.2) is 0 Å². The van der Waals surface area contributed by atoms with Crippen LogP contribution in [0.25, 0.3) is 11.0 Å². The molecule has 1 aromatic carbocycles. The van der Waals surface area contributed by atoms with Crippen molar-refractivity contribution in [2.45, 2.75) is 25.3 Å². The number of nitrogens with zero attached hydrogens (tertiary/aromatic N) is 2. The van der Waals surface area contributed by atoms with E-state index in [0.717, 1.165) is 30.3 Å². The molecule has 1 N–H and O–H groups in total. The van der Waals surface area contributed by atoms with E-state index < -0.39 is 0 Å². The van der Waals surface area contributed by atoms with Crippen LogP contribution in [0.5, 0.6) is 0 Å². The van der Waals surface area contributed by atoms with E-state index in [2.05, 4.69) is 34.0 Å². The molecule has 1 atom stereocenters. The minimum atomic E-state index is 0.372. The number of allylic oxidation sites excluding steroid dienone is 1. The number of nitrogens with one attached hydrogen (secondary N) is 1. The number of unbranched alkanes of at least 4 members (excludes halogenated alkanes) is 1. The Morgan fingerprint density at radius 3 is 2.78 bits per heavy atom. The normalized spacial score (nSPS) is 12.5. The molecule has 0 aliphatic rings. The highest BCUT2D eigenvalue weighted by Gasteiger charge is 2.09. The van der Waals surface area contributed by atoms with Gasteiger partial charge < -0.3 is 5.32 Å². The molecule has 0 saturated carbocycles. The summed E-state index contributed by atoms with van der Waals surface area (Å²) in [6.45, 7) is 3.76. The van der Waals surface area contributed by atoms with Crippen LogP contribution in [0.4, 0.5) is 0 Å². The first-order chi connectivity index (χ1) is 8.85. The second-order valence-corrected chi connectivity index (χ2v) is 4.37. The molecule has 0 fully saturated rings. The highest BCUT2D eigenvalue weighted by molar-refractivity contribution is 5.74. The van der Waals surface area contributed by atoms with Crippen molar-refractivity contribution >= 4 is 11.0 Å². The van der Waals surface area contributed by atoms with E-state index in [1.807, 2.05) is 19.2 Å². The molecule has 0 aliphatic carbocycles. The topological polar surface area (TPSA) is 37.8 Å². The molecule has 3 nitrogen and oxygen atoms in total. The minimum Gasteiger partial charge on any atom is -0.313 e. The third-order valence-corrected chi connectivity index (χ3v) is 3.15. The van der Waals surface area contributed by atoms with E-state index in [1.54, 1.807) is 12.4 Å². The van der Waals surface area contributed by atoms with Gasteiger partial charge in [-0.05, 0) is 44.0 Å². The zero-order chi connectivity index (χ0) is 12.8. The molecule has 94 valence electrons. The molecule has 1 heterocycles. The molecule has 3 heteroatoms. The molecule has 1 unspecified atom stereocenters. The third kappa shape index (κ3) is 2.93. The lowest BCUT2D eigenvalue weighted by Crippen LogP contribution is -2.16. The van der Waals surface area contributed by atoms with Crippen molar-refractivity contribution in [3.63, 3.8) is 0 Å². The lowest BCUT2D eigenvalue weighted by atomic mass is 10.0. The highest BCUT2D eigenvalue weighted by Crippen LogP contribution is 2.21. The summed E-state index contributed by atoms with van der Waals surface area (Å²) in [6.07, 6.45) is 8.74. The number of hydrogen-bond donors (Lipinski definition) is 1. The first-order valence-corrected chi connectivity index (χ1v) is 6.34. The Hall–Kier alpha value is -1.74. The van der Waals surface area contributed by atoms with Crippen LogP contribution < -0.4 is 5.32 Å². The number of fused-ring (bicyclic) bond motifs is 1. The van der Waals surface area contributed by atoms with Crippen LogP contribution in [0.3, 0.4) is 0 Å². The van der Waals surface area contributed by atoms with Crippen LogP contribution in [0.2, 0.25) is 0 Å². The summed E-state index contributed by atoms with van der Waals surface area (Å²) >= 11 is 0. The average Bonchev–Trinajstić information content (AvgIpc) is 2.43. The van der Waals surface area contributed by atoms with Crippen LogP contribution in [-0.4, -0.2) is 17.0 Å². The second kappa shape index (κ2) is 6.26. The number of benzene rings is 1. The van der Waals surface area contributed by atoms with E-state index >= 15 is 0 Å². The van der Waals surface area contributed by atoms with Gasteiger partial charge in [-0.15, -0.1) is 6.58 Å². The first kappa shape index (κ1) is 12.7. The molecule has 0 aliphatic heterocycles. The minimum absolute atomic E-state index is 0.372. The Balaban J connectivity index is 2.19. The fraction of sp³-hybridized carbons (Fsp3) is 0.333. The van der Waals surface area contributed by atoms with Gasteiger partial charge >= 0.3 is 0 Å². The van der Waals surface area contributed by atoms with Gasteiger partial charge in [0.2, 0.25) is 0 Å². The van der Waals surface area contributed by atoms with Crippen molar-refractivity contribution < 1.29 is 0 Å². The monoisotopic (exact) mass is 241 g/mol. The largest absolute Gasteiger partial charge is 0.313 e. The van der Waals surface area contributed by atoms with Crippen LogP contribution in [0.1, 0.15) is 30.9 Å². The number of aromatic nitrogens is 2. The van der Waals surface area contributed by atoms with Gasteiger partial charge in [0.05, 0.1) is 11.0 Å². The molecule has 0 amide bonds. The highest BCUT2D eigenvalue weighted by atomic mass is 14.9. The number of hydrogen-bond acceptors (Lipinski definition) is 3. The molecule has 0 bridgehead atoms. The Bertz CT molecular complexity index is 522. The maximum absolute atomic E-state index is 4.35. The predicted molar refractivity (Wildman–Crippen MR) is 75.4 cm³/mol. The smallest absolute Gasteiger partial charge is 0.0890 e. The van der Waals surface area contributed by atoms with Crippen LogP contribution in [0, 0.1) is 0 Å². The third-order valence-electron chi connectivity index (χ3n) is 3.15. The van der Waals surface area contributed by atoms with Crippen molar-refractivity contribution in [2.75, 3.05) is 7.05 Å². The lowest BCUT2D eigenvalue weighted by molar-refractivity contribution is 0.530. The molecule has 1 aromatic heterocycles. The summed E-state index contributed by atoms with van der Waals surface area (Å²) in [5.74, 6) is 0. The average molecular weight is 241 g/mol. The maximum Gasteiger partial charge on any atom is 0.0890 e. The molecule has 0 saturated heterocycles. The number of rotatable bonds is 6. The van der Waals surface area contributed by atoms with Gasteiger partial charge in [-0.2, -0.15) is 0 Å². The van der Waals surface area contributed by atoms with Gasteiger partial charge in [0.1, 0.15) is 0 Å².